The number of nitrogens with two attached hydrogens (primary N) is 2. The molecule has 12 heteroatoms. The van der Waals surface area contributed by atoms with Crippen LogP contribution in [0.1, 0.15) is 44.6 Å². The Morgan fingerprint density at radius 3 is 2.61 bits per heavy atom. The number of amides is 3. The molecule has 2 atom stereocenters. The lowest BCUT2D eigenvalue weighted by Crippen LogP contribution is -2.45. The lowest BCUT2D eigenvalue weighted by molar-refractivity contribution is -0.123. The van der Waals surface area contributed by atoms with E-state index in [9.17, 15) is 18.8 Å². The predicted molar refractivity (Wildman–Crippen MR) is 134 cm³/mol. The maximum Gasteiger partial charge on any atom is 0.273 e. The Balaban J connectivity index is 1.80. The van der Waals surface area contributed by atoms with E-state index in [-0.39, 0.29) is 34.6 Å². The number of halogens is 2. The van der Waals surface area contributed by atoms with Crippen LogP contribution in [0.25, 0.3) is 0 Å². The average Bonchev–Trinajstić information content (AvgIpc) is 3.51. The molecule has 1 aliphatic heterocycles. The number of nitrogens with one attached hydrogen (secondary N) is 1. The molecular weight excluding hydrogens is 509 g/mol. The van der Waals surface area contributed by atoms with Gasteiger partial charge in [-0.05, 0) is 60.3 Å². The van der Waals surface area contributed by atoms with Gasteiger partial charge in [-0.3, -0.25) is 19.3 Å². The van der Waals surface area contributed by atoms with Crippen molar-refractivity contribution in [2.75, 3.05) is 23.8 Å². The number of carbonyl (C=O) groups excluding carboxylic acids is 3. The summed E-state index contributed by atoms with van der Waals surface area (Å²) in [5, 5.41) is 3.27. The molecule has 188 valence electrons. The SMILES string of the molecule is NC(=O)c1nsc(C(=O)N(c2cccc(F)c2)[C@@H](C(=O)NC[C@H]2CCCO2)c2ccc(Cl)cc2)c1N. The van der Waals surface area contributed by atoms with E-state index in [2.05, 4.69) is 9.69 Å². The van der Waals surface area contributed by atoms with E-state index in [1.807, 2.05) is 0 Å². The van der Waals surface area contributed by atoms with Crippen LogP contribution in [0.2, 0.25) is 5.02 Å². The Labute approximate surface area is 215 Å². The molecular formula is C24H23ClFN5O4S. The molecule has 1 aliphatic rings. The van der Waals surface area contributed by atoms with Gasteiger partial charge in [0.15, 0.2) is 5.69 Å². The third kappa shape index (κ3) is 5.48. The van der Waals surface area contributed by atoms with E-state index in [1.54, 1.807) is 24.3 Å². The summed E-state index contributed by atoms with van der Waals surface area (Å²) in [6.45, 7) is 0.852. The summed E-state index contributed by atoms with van der Waals surface area (Å²) in [6.07, 6.45) is 1.54. The van der Waals surface area contributed by atoms with Crippen molar-refractivity contribution in [2.24, 2.45) is 5.73 Å². The minimum absolute atomic E-state index is 0.0978. The van der Waals surface area contributed by atoms with Crippen molar-refractivity contribution < 1.29 is 23.5 Å². The number of hydrogen-bond donors (Lipinski definition) is 3. The van der Waals surface area contributed by atoms with Crippen LogP contribution in [0.4, 0.5) is 15.8 Å². The van der Waals surface area contributed by atoms with Gasteiger partial charge in [-0.15, -0.1) is 0 Å². The molecule has 0 bridgehead atoms. The smallest absolute Gasteiger partial charge is 0.273 e. The summed E-state index contributed by atoms with van der Waals surface area (Å²) >= 11 is 6.72. The van der Waals surface area contributed by atoms with E-state index in [0.717, 1.165) is 23.8 Å². The zero-order chi connectivity index (χ0) is 25.8. The van der Waals surface area contributed by atoms with Crippen molar-refractivity contribution in [3.8, 4) is 0 Å². The highest BCUT2D eigenvalue weighted by Gasteiger charge is 2.36. The zero-order valence-corrected chi connectivity index (χ0v) is 20.5. The number of hydrogen-bond acceptors (Lipinski definition) is 7. The molecule has 1 saturated heterocycles. The Morgan fingerprint density at radius 1 is 1.25 bits per heavy atom. The monoisotopic (exact) mass is 531 g/mol. The second-order valence-corrected chi connectivity index (χ2v) is 9.34. The van der Waals surface area contributed by atoms with Crippen molar-refractivity contribution >= 4 is 52.2 Å². The van der Waals surface area contributed by atoms with Crippen LogP contribution < -0.4 is 21.7 Å². The van der Waals surface area contributed by atoms with Crippen molar-refractivity contribution in [2.45, 2.75) is 25.0 Å². The van der Waals surface area contributed by atoms with Gasteiger partial charge in [0, 0.05) is 23.9 Å². The molecule has 3 aromatic rings. The van der Waals surface area contributed by atoms with Gasteiger partial charge in [0.25, 0.3) is 11.8 Å². The van der Waals surface area contributed by atoms with Gasteiger partial charge in [-0.1, -0.05) is 29.8 Å². The normalized spacial score (nSPS) is 15.9. The number of nitrogen functional groups attached to an aromatic ring is 1. The third-order valence-corrected chi connectivity index (χ3v) is 6.78. The molecule has 0 spiro atoms. The average molecular weight is 532 g/mol. The fourth-order valence-corrected chi connectivity index (χ4v) is 4.80. The molecule has 2 heterocycles. The third-order valence-electron chi connectivity index (χ3n) is 5.68. The topological polar surface area (TPSA) is 141 Å². The summed E-state index contributed by atoms with van der Waals surface area (Å²) in [6, 6.07) is 10.4. The first kappa shape index (κ1) is 25.5. The Morgan fingerprint density at radius 2 is 2.00 bits per heavy atom. The Kier molecular flexibility index (Phi) is 7.82. The lowest BCUT2D eigenvalue weighted by atomic mass is 10.0. The highest BCUT2D eigenvalue weighted by Crippen LogP contribution is 2.34. The molecule has 1 fully saturated rings. The highest BCUT2D eigenvalue weighted by atomic mass is 35.5. The van der Waals surface area contributed by atoms with E-state index >= 15 is 0 Å². The van der Waals surface area contributed by atoms with Crippen LogP contribution in [-0.2, 0) is 9.53 Å². The van der Waals surface area contributed by atoms with Crippen molar-refractivity contribution in [1.29, 1.82) is 0 Å². The number of primary amides is 1. The maximum absolute atomic E-state index is 14.3. The summed E-state index contributed by atoms with van der Waals surface area (Å²) in [5.74, 6) is -2.79. The number of aromatic nitrogens is 1. The Bertz CT molecular complexity index is 1280. The summed E-state index contributed by atoms with van der Waals surface area (Å²) < 4.78 is 23.8. The minimum atomic E-state index is -1.24. The maximum atomic E-state index is 14.3. The molecule has 0 saturated carbocycles. The summed E-state index contributed by atoms with van der Waals surface area (Å²) in [5.41, 5.74) is 11.4. The number of anilines is 2. The molecule has 1 aromatic heterocycles. The van der Waals surface area contributed by atoms with Crippen LogP contribution in [0.3, 0.4) is 0 Å². The van der Waals surface area contributed by atoms with E-state index < -0.39 is 29.6 Å². The Hall–Kier alpha value is -3.54. The van der Waals surface area contributed by atoms with Gasteiger partial charge < -0.3 is 21.5 Å². The first-order valence-corrected chi connectivity index (χ1v) is 12.2. The summed E-state index contributed by atoms with van der Waals surface area (Å²) in [4.78, 5) is 40.2. The highest BCUT2D eigenvalue weighted by molar-refractivity contribution is 7.09. The fraction of sp³-hybridized carbons (Fsp3) is 0.250. The van der Waals surface area contributed by atoms with Crippen LogP contribution >= 0.6 is 23.1 Å². The first-order valence-electron chi connectivity index (χ1n) is 11.0. The zero-order valence-electron chi connectivity index (χ0n) is 18.9. The number of ether oxygens (including phenoxy) is 1. The first-order chi connectivity index (χ1) is 17.3. The predicted octanol–water partition coefficient (Wildman–Crippen LogP) is 3.30. The van der Waals surface area contributed by atoms with Gasteiger partial charge >= 0.3 is 0 Å². The van der Waals surface area contributed by atoms with Crippen molar-refractivity contribution in [3.63, 3.8) is 0 Å². The van der Waals surface area contributed by atoms with Gasteiger partial charge in [-0.25, -0.2) is 4.39 Å². The standard InChI is InChI=1S/C24H23ClFN5O4S/c25-14-8-6-13(7-9-14)20(23(33)29-12-17-5-2-10-35-17)31(16-4-1-3-15(26)11-16)24(34)21-18(27)19(22(28)32)30-36-21/h1,3-4,6-9,11,17,20H,2,5,10,12,27H2,(H2,28,32)(H,29,33)/t17-,20-/m1/s1. The van der Waals surface area contributed by atoms with Crippen LogP contribution in [0.15, 0.2) is 48.5 Å². The number of nitrogens with zero attached hydrogens (tertiary/aromatic N) is 2. The van der Waals surface area contributed by atoms with Crippen LogP contribution in [0, 0.1) is 5.82 Å². The minimum Gasteiger partial charge on any atom is -0.395 e. The molecule has 4 rings (SSSR count). The van der Waals surface area contributed by atoms with Crippen molar-refractivity contribution in [3.05, 3.63) is 75.5 Å². The second kappa shape index (κ2) is 11.0. The number of carbonyl (C=O) groups is 3. The molecule has 0 unspecified atom stereocenters. The molecule has 36 heavy (non-hydrogen) atoms. The van der Waals surface area contributed by atoms with E-state index in [4.69, 9.17) is 27.8 Å². The summed E-state index contributed by atoms with van der Waals surface area (Å²) in [7, 11) is 0. The lowest BCUT2D eigenvalue weighted by Gasteiger charge is -2.31. The van der Waals surface area contributed by atoms with Crippen molar-refractivity contribution in [1.82, 2.24) is 9.69 Å². The molecule has 5 N–H and O–H groups in total. The van der Waals surface area contributed by atoms with Crippen LogP contribution in [-0.4, -0.2) is 41.4 Å². The van der Waals surface area contributed by atoms with Gasteiger partial charge in [0.05, 0.1) is 11.8 Å². The van der Waals surface area contributed by atoms with E-state index in [1.165, 1.54) is 18.2 Å². The number of benzene rings is 2. The second-order valence-electron chi connectivity index (χ2n) is 8.13. The van der Waals surface area contributed by atoms with E-state index in [0.29, 0.717) is 28.7 Å². The van der Waals surface area contributed by atoms with Gasteiger partial charge in [0.2, 0.25) is 5.91 Å². The molecule has 0 radical (unpaired) electrons. The molecule has 2 aromatic carbocycles. The molecule has 3 amide bonds. The fourth-order valence-electron chi connectivity index (χ4n) is 3.93. The molecule has 0 aliphatic carbocycles. The largest absolute Gasteiger partial charge is 0.395 e. The van der Waals surface area contributed by atoms with Crippen LogP contribution in [0.5, 0.6) is 0 Å². The molecule has 9 nitrogen and oxygen atoms in total. The van der Waals surface area contributed by atoms with Gasteiger partial charge in [0.1, 0.15) is 16.7 Å². The number of rotatable bonds is 8. The quantitative estimate of drug-likeness (QED) is 0.407. The van der Waals surface area contributed by atoms with Gasteiger partial charge in [-0.2, -0.15) is 4.37 Å².